The lowest BCUT2D eigenvalue weighted by molar-refractivity contribution is 0.0696. The molecular weight excluding hydrogens is 252 g/mol. The molecule has 1 N–H and O–H groups in total. The average Bonchev–Trinajstić information content (AvgIpc) is 2.35. The Labute approximate surface area is 122 Å². The minimum absolute atomic E-state index is 0.361. The monoisotopic (exact) mass is 278 g/mol. The van der Waals surface area contributed by atoms with Gasteiger partial charge in [-0.15, -0.1) is 0 Å². The predicted octanol–water partition coefficient (Wildman–Crippen LogP) is 2.40. The maximum Gasteiger partial charge on any atom is 0.335 e. The summed E-state index contributed by atoms with van der Waals surface area (Å²) < 4.78 is 0. The molecule has 0 bridgehead atoms. The van der Waals surface area contributed by atoms with Gasteiger partial charge >= 0.3 is 5.97 Å². The van der Waals surface area contributed by atoms with Crippen LogP contribution in [0.5, 0.6) is 0 Å². The van der Waals surface area contributed by atoms with Crippen molar-refractivity contribution in [3.63, 3.8) is 0 Å². The van der Waals surface area contributed by atoms with Gasteiger partial charge in [-0.25, -0.2) is 4.79 Å². The molecule has 0 saturated heterocycles. The van der Waals surface area contributed by atoms with E-state index >= 15 is 0 Å². The second-order valence-corrected chi connectivity index (χ2v) is 5.94. The summed E-state index contributed by atoms with van der Waals surface area (Å²) in [6, 6.07) is 7.22. The molecule has 0 amide bonds. The first-order valence-corrected chi connectivity index (χ1v) is 7.07. The third-order valence-electron chi connectivity index (χ3n) is 3.07. The van der Waals surface area contributed by atoms with Crippen LogP contribution in [0, 0.1) is 5.92 Å². The Hall–Kier alpha value is -1.39. The summed E-state index contributed by atoms with van der Waals surface area (Å²) in [4.78, 5) is 15.6. The first-order chi connectivity index (χ1) is 9.38. The molecule has 20 heavy (non-hydrogen) atoms. The summed E-state index contributed by atoms with van der Waals surface area (Å²) in [5.74, 6) is -0.268. The molecule has 1 aromatic rings. The summed E-state index contributed by atoms with van der Waals surface area (Å²) in [5.41, 5.74) is 1.42. The number of benzene rings is 1. The second kappa shape index (κ2) is 8.02. The molecule has 4 heteroatoms. The van der Waals surface area contributed by atoms with Gasteiger partial charge in [-0.3, -0.25) is 4.90 Å². The minimum atomic E-state index is -0.865. The smallest absolute Gasteiger partial charge is 0.335 e. The quantitative estimate of drug-likeness (QED) is 0.793. The molecule has 1 rings (SSSR count). The van der Waals surface area contributed by atoms with Crippen LogP contribution in [0.1, 0.15) is 29.8 Å². The molecule has 0 fully saturated rings. The highest BCUT2D eigenvalue weighted by Crippen LogP contribution is 2.10. The Balaban J connectivity index is 2.72. The lowest BCUT2D eigenvalue weighted by atomic mass is 10.1. The SMILES string of the molecule is CC(C)CN(CCN(C)C)Cc1cccc(C(=O)O)c1. The number of aromatic carboxylic acids is 1. The molecule has 112 valence electrons. The van der Waals surface area contributed by atoms with Gasteiger partial charge in [0, 0.05) is 26.2 Å². The number of carboxylic acid groups (broad SMARTS) is 1. The van der Waals surface area contributed by atoms with Crippen LogP contribution in [0.2, 0.25) is 0 Å². The Kier molecular flexibility index (Phi) is 6.68. The lowest BCUT2D eigenvalue weighted by Crippen LogP contribution is -2.34. The first kappa shape index (κ1) is 16.7. The number of rotatable bonds is 8. The van der Waals surface area contributed by atoms with E-state index in [4.69, 9.17) is 5.11 Å². The van der Waals surface area contributed by atoms with E-state index in [1.54, 1.807) is 12.1 Å². The van der Waals surface area contributed by atoms with E-state index in [0.717, 1.165) is 31.7 Å². The van der Waals surface area contributed by atoms with Crippen molar-refractivity contribution in [3.05, 3.63) is 35.4 Å². The lowest BCUT2D eigenvalue weighted by Gasteiger charge is -2.26. The van der Waals surface area contributed by atoms with Crippen LogP contribution in [0.4, 0.5) is 0 Å². The molecular formula is C16H26N2O2. The third kappa shape index (κ3) is 6.17. The van der Waals surface area contributed by atoms with Gasteiger partial charge in [0.25, 0.3) is 0 Å². The maximum absolute atomic E-state index is 11.0. The van der Waals surface area contributed by atoms with Crippen LogP contribution in [0.15, 0.2) is 24.3 Å². The van der Waals surface area contributed by atoms with Gasteiger partial charge in [-0.05, 0) is 37.7 Å². The van der Waals surface area contributed by atoms with Gasteiger partial charge in [0.15, 0.2) is 0 Å². The highest BCUT2D eigenvalue weighted by atomic mass is 16.4. The highest BCUT2D eigenvalue weighted by Gasteiger charge is 2.10. The van der Waals surface area contributed by atoms with Crippen LogP contribution in [0.25, 0.3) is 0 Å². The fourth-order valence-electron chi connectivity index (χ4n) is 2.15. The number of carbonyl (C=O) groups is 1. The van der Waals surface area contributed by atoms with Gasteiger partial charge in [0.1, 0.15) is 0 Å². The van der Waals surface area contributed by atoms with Crippen molar-refractivity contribution in [3.8, 4) is 0 Å². The molecule has 0 unspecified atom stereocenters. The molecule has 4 nitrogen and oxygen atoms in total. The Morgan fingerprint density at radius 3 is 2.50 bits per heavy atom. The molecule has 0 atom stereocenters. The Morgan fingerprint density at radius 2 is 1.95 bits per heavy atom. The normalized spacial score (nSPS) is 11.6. The fraction of sp³-hybridized carbons (Fsp3) is 0.562. The largest absolute Gasteiger partial charge is 0.478 e. The number of likely N-dealkylation sites (N-methyl/N-ethyl adjacent to an activating group) is 1. The van der Waals surface area contributed by atoms with Crippen LogP contribution in [-0.2, 0) is 6.54 Å². The van der Waals surface area contributed by atoms with Crippen molar-refractivity contribution >= 4 is 5.97 Å². The molecule has 0 spiro atoms. The molecule has 0 aliphatic heterocycles. The third-order valence-corrected chi connectivity index (χ3v) is 3.07. The van der Waals surface area contributed by atoms with Crippen LogP contribution < -0.4 is 0 Å². The van der Waals surface area contributed by atoms with E-state index in [9.17, 15) is 4.79 Å². The van der Waals surface area contributed by atoms with Gasteiger partial charge in [0.05, 0.1) is 5.56 Å². The van der Waals surface area contributed by atoms with Crippen LogP contribution in [0.3, 0.4) is 0 Å². The molecule has 0 aliphatic carbocycles. The van der Waals surface area contributed by atoms with Crippen molar-refractivity contribution < 1.29 is 9.90 Å². The van der Waals surface area contributed by atoms with Crippen molar-refractivity contribution in [2.45, 2.75) is 20.4 Å². The zero-order chi connectivity index (χ0) is 15.1. The molecule has 0 aromatic heterocycles. The topological polar surface area (TPSA) is 43.8 Å². The standard InChI is InChI=1S/C16H26N2O2/c1-13(2)11-18(9-8-17(3)4)12-14-6-5-7-15(10-14)16(19)20/h5-7,10,13H,8-9,11-12H2,1-4H3,(H,19,20). The maximum atomic E-state index is 11.0. The van der Waals surface area contributed by atoms with Crippen molar-refractivity contribution in [2.24, 2.45) is 5.92 Å². The number of hydrogen-bond donors (Lipinski definition) is 1. The average molecular weight is 278 g/mol. The number of hydrogen-bond acceptors (Lipinski definition) is 3. The summed E-state index contributed by atoms with van der Waals surface area (Å²) in [5, 5.41) is 9.04. The summed E-state index contributed by atoms with van der Waals surface area (Å²) in [6.45, 7) is 8.22. The van der Waals surface area contributed by atoms with Crippen LogP contribution in [-0.4, -0.2) is 54.6 Å². The summed E-state index contributed by atoms with van der Waals surface area (Å²) in [6.07, 6.45) is 0. The molecule has 0 aliphatic rings. The molecule has 0 heterocycles. The van der Waals surface area contributed by atoms with Gasteiger partial charge in [-0.1, -0.05) is 26.0 Å². The van der Waals surface area contributed by atoms with Crippen molar-refractivity contribution in [1.82, 2.24) is 9.80 Å². The zero-order valence-corrected chi connectivity index (χ0v) is 13.0. The van der Waals surface area contributed by atoms with E-state index in [1.807, 2.05) is 12.1 Å². The van der Waals surface area contributed by atoms with Crippen molar-refractivity contribution in [1.29, 1.82) is 0 Å². The van der Waals surface area contributed by atoms with Crippen molar-refractivity contribution in [2.75, 3.05) is 33.7 Å². The van der Waals surface area contributed by atoms with E-state index in [0.29, 0.717) is 11.5 Å². The summed E-state index contributed by atoms with van der Waals surface area (Å²) in [7, 11) is 4.14. The minimum Gasteiger partial charge on any atom is -0.478 e. The summed E-state index contributed by atoms with van der Waals surface area (Å²) >= 11 is 0. The first-order valence-electron chi connectivity index (χ1n) is 7.07. The fourth-order valence-corrected chi connectivity index (χ4v) is 2.15. The van der Waals surface area contributed by atoms with Gasteiger partial charge in [-0.2, -0.15) is 0 Å². The van der Waals surface area contributed by atoms with Gasteiger partial charge < -0.3 is 10.0 Å². The predicted molar refractivity (Wildman–Crippen MR) is 82.1 cm³/mol. The Bertz CT molecular complexity index is 430. The molecule has 0 radical (unpaired) electrons. The Morgan fingerprint density at radius 1 is 1.25 bits per heavy atom. The van der Waals surface area contributed by atoms with E-state index in [2.05, 4.69) is 37.7 Å². The van der Waals surface area contributed by atoms with Crippen LogP contribution >= 0.6 is 0 Å². The van der Waals surface area contributed by atoms with E-state index in [-0.39, 0.29) is 0 Å². The number of nitrogens with zero attached hydrogens (tertiary/aromatic N) is 2. The highest BCUT2D eigenvalue weighted by molar-refractivity contribution is 5.87. The van der Waals surface area contributed by atoms with E-state index in [1.165, 1.54) is 0 Å². The zero-order valence-electron chi connectivity index (χ0n) is 13.0. The van der Waals surface area contributed by atoms with E-state index < -0.39 is 5.97 Å². The van der Waals surface area contributed by atoms with Gasteiger partial charge in [0.2, 0.25) is 0 Å². The number of carboxylic acids is 1. The molecule has 0 saturated carbocycles. The second-order valence-electron chi connectivity index (χ2n) is 5.94. The molecule has 1 aromatic carbocycles.